The molecule has 0 fully saturated rings. The first-order chi connectivity index (χ1) is 7.75. The molecule has 2 rings (SSSR count). The van der Waals surface area contributed by atoms with Gasteiger partial charge in [-0.05, 0) is 24.3 Å². The van der Waals surface area contributed by atoms with E-state index in [0.29, 0.717) is 6.54 Å². The van der Waals surface area contributed by atoms with Gasteiger partial charge in [-0.25, -0.2) is 4.98 Å². The Morgan fingerprint density at radius 2 is 2.19 bits per heavy atom. The van der Waals surface area contributed by atoms with Crippen LogP contribution in [0.1, 0.15) is 5.76 Å². The maximum absolute atomic E-state index is 5.23. The van der Waals surface area contributed by atoms with Crippen molar-refractivity contribution in [1.82, 2.24) is 4.98 Å². The number of aromatic nitrogens is 1. The first-order valence-electron chi connectivity index (χ1n) is 5.15. The number of hydrogen-bond acceptors (Lipinski definition) is 4. The van der Waals surface area contributed by atoms with Crippen LogP contribution in [0.3, 0.4) is 0 Å². The Balaban J connectivity index is 1.95. The number of nitrogens with zero attached hydrogens (tertiary/aromatic N) is 2. The van der Waals surface area contributed by atoms with Gasteiger partial charge < -0.3 is 14.6 Å². The molecule has 16 heavy (non-hydrogen) atoms. The van der Waals surface area contributed by atoms with Gasteiger partial charge in [-0.1, -0.05) is 0 Å². The summed E-state index contributed by atoms with van der Waals surface area (Å²) in [6.07, 6.45) is 3.49. The normalized spacial score (nSPS) is 10.1. The van der Waals surface area contributed by atoms with Crippen molar-refractivity contribution in [1.29, 1.82) is 0 Å². The number of anilines is 2. The Hall–Kier alpha value is -1.97. The molecule has 0 spiro atoms. The zero-order valence-electron chi connectivity index (χ0n) is 9.47. The van der Waals surface area contributed by atoms with Gasteiger partial charge in [0.1, 0.15) is 11.6 Å². The smallest absolute Gasteiger partial charge is 0.128 e. The molecule has 4 heteroatoms. The lowest BCUT2D eigenvalue weighted by Crippen LogP contribution is -2.10. The molecule has 2 aromatic heterocycles. The maximum Gasteiger partial charge on any atom is 0.128 e. The molecule has 0 atom stereocenters. The van der Waals surface area contributed by atoms with Crippen LogP contribution in [0.5, 0.6) is 0 Å². The van der Waals surface area contributed by atoms with Crippen LogP contribution in [0.4, 0.5) is 11.5 Å². The van der Waals surface area contributed by atoms with Crippen LogP contribution in [0.25, 0.3) is 0 Å². The van der Waals surface area contributed by atoms with E-state index in [1.54, 1.807) is 6.26 Å². The summed E-state index contributed by atoms with van der Waals surface area (Å²) < 4.78 is 5.23. The van der Waals surface area contributed by atoms with Gasteiger partial charge >= 0.3 is 0 Å². The minimum atomic E-state index is 0.677. The summed E-state index contributed by atoms with van der Waals surface area (Å²) in [5, 5.41) is 3.24. The molecule has 0 aliphatic rings. The van der Waals surface area contributed by atoms with Crippen molar-refractivity contribution in [2.75, 3.05) is 24.3 Å². The Kier molecular flexibility index (Phi) is 3.10. The fourth-order valence-electron chi connectivity index (χ4n) is 1.36. The van der Waals surface area contributed by atoms with Gasteiger partial charge in [-0.3, -0.25) is 0 Å². The summed E-state index contributed by atoms with van der Waals surface area (Å²) in [6, 6.07) is 7.80. The molecular weight excluding hydrogens is 202 g/mol. The Morgan fingerprint density at radius 1 is 1.31 bits per heavy atom. The van der Waals surface area contributed by atoms with Crippen molar-refractivity contribution in [3.63, 3.8) is 0 Å². The quantitative estimate of drug-likeness (QED) is 0.853. The number of rotatable bonds is 4. The van der Waals surface area contributed by atoms with Crippen LogP contribution in [-0.4, -0.2) is 19.1 Å². The Morgan fingerprint density at radius 3 is 2.75 bits per heavy atom. The van der Waals surface area contributed by atoms with Crippen LogP contribution >= 0.6 is 0 Å². The lowest BCUT2D eigenvalue weighted by atomic mass is 10.3. The first kappa shape index (κ1) is 10.5. The van der Waals surface area contributed by atoms with Gasteiger partial charge in [-0.2, -0.15) is 0 Å². The van der Waals surface area contributed by atoms with Crippen molar-refractivity contribution in [2.24, 2.45) is 0 Å². The Labute approximate surface area is 94.9 Å². The predicted molar refractivity (Wildman–Crippen MR) is 64.6 cm³/mol. The molecule has 0 aliphatic carbocycles. The lowest BCUT2D eigenvalue weighted by molar-refractivity contribution is 0.518. The first-order valence-corrected chi connectivity index (χ1v) is 5.15. The zero-order chi connectivity index (χ0) is 11.4. The monoisotopic (exact) mass is 217 g/mol. The highest BCUT2D eigenvalue weighted by atomic mass is 16.3. The number of furan rings is 1. The molecular formula is C12H15N3O. The highest BCUT2D eigenvalue weighted by Crippen LogP contribution is 2.12. The highest BCUT2D eigenvalue weighted by Gasteiger charge is 1.98. The minimum absolute atomic E-state index is 0.677. The van der Waals surface area contributed by atoms with Crippen LogP contribution in [0, 0.1) is 0 Å². The van der Waals surface area contributed by atoms with Crippen LogP contribution < -0.4 is 10.2 Å². The molecule has 0 radical (unpaired) electrons. The second-order valence-corrected chi connectivity index (χ2v) is 3.73. The largest absolute Gasteiger partial charge is 0.467 e. The molecule has 0 saturated heterocycles. The van der Waals surface area contributed by atoms with Crippen molar-refractivity contribution in [3.05, 3.63) is 42.5 Å². The van der Waals surface area contributed by atoms with Crippen molar-refractivity contribution >= 4 is 11.5 Å². The topological polar surface area (TPSA) is 41.3 Å². The number of hydrogen-bond donors (Lipinski definition) is 1. The van der Waals surface area contributed by atoms with E-state index >= 15 is 0 Å². The summed E-state index contributed by atoms with van der Waals surface area (Å²) >= 11 is 0. The number of pyridine rings is 1. The summed E-state index contributed by atoms with van der Waals surface area (Å²) in [7, 11) is 3.94. The lowest BCUT2D eigenvalue weighted by Gasteiger charge is -2.11. The zero-order valence-corrected chi connectivity index (χ0v) is 9.47. The molecule has 0 saturated carbocycles. The van der Waals surface area contributed by atoms with Crippen molar-refractivity contribution in [3.8, 4) is 0 Å². The van der Waals surface area contributed by atoms with E-state index in [0.717, 1.165) is 17.3 Å². The van der Waals surface area contributed by atoms with Gasteiger partial charge in [-0.15, -0.1) is 0 Å². The predicted octanol–water partition coefficient (Wildman–Crippen LogP) is 2.35. The molecule has 0 aliphatic heterocycles. The highest BCUT2D eigenvalue weighted by molar-refractivity contribution is 5.47. The van der Waals surface area contributed by atoms with E-state index in [2.05, 4.69) is 10.3 Å². The SMILES string of the molecule is CN(C)c1ccc(NCc2ccco2)cn1. The van der Waals surface area contributed by atoms with Gasteiger partial charge in [0.2, 0.25) is 0 Å². The van der Waals surface area contributed by atoms with Crippen LogP contribution in [0.2, 0.25) is 0 Å². The van der Waals surface area contributed by atoms with E-state index in [4.69, 9.17) is 4.42 Å². The standard InChI is InChI=1S/C12H15N3O/c1-15(2)12-6-5-10(8-14-12)13-9-11-4-3-7-16-11/h3-8,13H,9H2,1-2H3. The molecule has 4 nitrogen and oxygen atoms in total. The molecule has 0 unspecified atom stereocenters. The number of nitrogens with one attached hydrogen (secondary N) is 1. The average Bonchev–Trinajstić information content (AvgIpc) is 2.80. The summed E-state index contributed by atoms with van der Waals surface area (Å²) in [4.78, 5) is 6.28. The molecule has 1 N–H and O–H groups in total. The molecule has 0 bridgehead atoms. The third-order valence-electron chi connectivity index (χ3n) is 2.25. The molecule has 2 heterocycles. The van der Waals surface area contributed by atoms with Crippen molar-refractivity contribution in [2.45, 2.75) is 6.54 Å². The Bertz CT molecular complexity index is 420. The van der Waals surface area contributed by atoms with E-state index in [1.165, 1.54) is 0 Å². The maximum atomic E-state index is 5.23. The van der Waals surface area contributed by atoms with Crippen LogP contribution in [0.15, 0.2) is 41.1 Å². The summed E-state index contributed by atoms with van der Waals surface area (Å²) in [5.41, 5.74) is 0.988. The van der Waals surface area contributed by atoms with Gasteiger partial charge in [0, 0.05) is 14.1 Å². The third kappa shape index (κ3) is 2.53. The van der Waals surface area contributed by atoms with Gasteiger partial charge in [0.05, 0.1) is 24.7 Å². The van der Waals surface area contributed by atoms with E-state index < -0.39 is 0 Å². The molecule has 0 aromatic carbocycles. The van der Waals surface area contributed by atoms with E-state index in [1.807, 2.05) is 49.5 Å². The molecule has 2 aromatic rings. The fourth-order valence-corrected chi connectivity index (χ4v) is 1.36. The summed E-state index contributed by atoms with van der Waals surface area (Å²) in [5.74, 6) is 1.86. The third-order valence-corrected chi connectivity index (χ3v) is 2.25. The van der Waals surface area contributed by atoms with Gasteiger partial charge in [0.15, 0.2) is 0 Å². The summed E-state index contributed by atoms with van der Waals surface area (Å²) in [6.45, 7) is 0.677. The van der Waals surface area contributed by atoms with E-state index in [9.17, 15) is 0 Å². The van der Waals surface area contributed by atoms with Gasteiger partial charge in [0.25, 0.3) is 0 Å². The average molecular weight is 217 g/mol. The molecule has 84 valence electrons. The molecule has 0 amide bonds. The second-order valence-electron chi connectivity index (χ2n) is 3.73. The van der Waals surface area contributed by atoms with Crippen LogP contribution in [-0.2, 0) is 6.54 Å². The minimum Gasteiger partial charge on any atom is -0.467 e. The van der Waals surface area contributed by atoms with E-state index in [-0.39, 0.29) is 0 Å². The van der Waals surface area contributed by atoms with Crippen molar-refractivity contribution < 1.29 is 4.42 Å². The second kappa shape index (κ2) is 4.70. The fraction of sp³-hybridized carbons (Fsp3) is 0.250.